The highest BCUT2D eigenvalue weighted by Crippen LogP contribution is 2.20. The van der Waals surface area contributed by atoms with Crippen LogP contribution in [0.3, 0.4) is 0 Å². The first-order valence-corrected chi connectivity index (χ1v) is 6.40. The van der Waals surface area contributed by atoms with Crippen LogP contribution in [-0.2, 0) is 17.8 Å². The number of ether oxygens (including phenoxy) is 1. The Morgan fingerprint density at radius 3 is 2.47 bits per heavy atom. The minimum atomic E-state index is 0.412. The molecule has 1 aromatic heterocycles. The van der Waals surface area contributed by atoms with Crippen LogP contribution in [0.4, 0.5) is 5.82 Å². The molecule has 19 heavy (non-hydrogen) atoms. The van der Waals surface area contributed by atoms with Crippen LogP contribution in [0.15, 0.2) is 30.3 Å². The lowest BCUT2D eigenvalue weighted by atomic mass is 10.1. The van der Waals surface area contributed by atoms with Gasteiger partial charge in [-0.3, -0.25) is 0 Å². The van der Waals surface area contributed by atoms with E-state index in [0.29, 0.717) is 12.4 Å². The van der Waals surface area contributed by atoms with Crippen molar-refractivity contribution in [3.63, 3.8) is 0 Å². The van der Waals surface area contributed by atoms with Crippen molar-refractivity contribution in [3.05, 3.63) is 41.7 Å². The Morgan fingerprint density at radius 2 is 1.89 bits per heavy atom. The first-order chi connectivity index (χ1) is 9.26. The van der Waals surface area contributed by atoms with E-state index in [1.807, 2.05) is 13.1 Å². The van der Waals surface area contributed by atoms with E-state index in [4.69, 9.17) is 4.74 Å². The standard InChI is InChI=1S/C15H19N3O/c1-4-11-5-7-12(8-6-11)13-9-14(16-2)18-15(17-13)10-19-3/h5-9H,4,10H2,1-3H3,(H,16,17,18). The summed E-state index contributed by atoms with van der Waals surface area (Å²) in [6.07, 6.45) is 1.04. The predicted octanol–water partition coefficient (Wildman–Crippen LogP) is 2.89. The Kier molecular flexibility index (Phi) is 4.47. The summed E-state index contributed by atoms with van der Waals surface area (Å²) in [4.78, 5) is 8.87. The highest BCUT2D eigenvalue weighted by Gasteiger charge is 2.06. The molecule has 0 unspecified atom stereocenters. The second-order valence-corrected chi connectivity index (χ2v) is 4.29. The number of aromatic nitrogens is 2. The van der Waals surface area contributed by atoms with Gasteiger partial charge in [0.05, 0.1) is 5.69 Å². The molecule has 0 radical (unpaired) electrons. The van der Waals surface area contributed by atoms with E-state index in [1.54, 1.807) is 7.11 Å². The topological polar surface area (TPSA) is 47.0 Å². The highest BCUT2D eigenvalue weighted by molar-refractivity contribution is 5.62. The third kappa shape index (κ3) is 3.29. The van der Waals surface area contributed by atoms with Gasteiger partial charge in [-0.25, -0.2) is 9.97 Å². The number of aryl methyl sites for hydroxylation is 1. The van der Waals surface area contributed by atoms with Gasteiger partial charge in [-0.1, -0.05) is 31.2 Å². The van der Waals surface area contributed by atoms with Crippen LogP contribution in [0.25, 0.3) is 11.3 Å². The summed E-state index contributed by atoms with van der Waals surface area (Å²) < 4.78 is 5.10. The lowest BCUT2D eigenvalue weighted by molar-refractivity contribution is 0.178. The Labute approximate surface area is 113 Å². The zero-order valence-electron chi connectivity index (χ0n) is 11.6. The fraction of sp³-hybridized carbons (Fsp3) is 0.333. The lowest BCUT2D eigenvalue weighted by Crippen LogP contribution is -2.02. The van der Waals surface area contributed by atoms with Crippen molar-refractivity contribution in [3.8, 4) is 11.3 Å². The maximum Gasteiger partial charge on any atom is 0.157 e. The summed E-state index contributed by atoms with van der Waals surface area (Å²) in [5.41, 5.74) is 3.33. The molecule has 0 amide bonds. The van der Waals surface area contributed by atoms with E-state index in [0.717, 1.165) is 23.5 Å². The third-order valence-corrected chi connectivity index (χ3v) is 2.96. The number of rotatable bonds is 5. The van der Waals surface area contributed by atoms with Crippen LogP contribution < -0.4 is 5.32 Å². The minimum Gasteiger partial charge on any atom is -0.377 e. The third-order valence-electron chi connectivity index (χ3n) is 2.96. The van der Waals surface area contributed by atoms with Crippen molar-refractivity contribution in [2.75, 3.05) is 19.5 Å². The summed E-state index contributed by atoms with van der Waals surface area (Å²) in [5.74, 6) is 1.49. The second-order valence-electron chi connectivity index (χ2n) is 4.29. The molecular weight excluding hydrogens is 238 g/mol. The van der Waals surface area contributed by atoms with E-state index in [2.05, 4.69) is 46.5 Å². The molecule has 0 saturated heterocycles. The summed E-state index contributed by atoms with van der Waals surface area (Å²) in [5, 5.41) is 3.05. The first-order valence-electron chi connectivity index (χ1n) is 6.40. The Morgan fingerprint density at radius 1 is 1.16 bits per heavy atom. The molecule has 0 fully saturated rings. The average molecular weight is 257 g/mol. The van der Waals surface area contributed by atoms with E-state index in [-0.39, 0.29) is 0 Å². The van der Waals surface area contributed by atoms with Crippen LogP contribution in [0.1, 0.15) is 18.3 Å². The van der Waals surface area contributed by atoms with Crippen molar-refractivity contribution in [2.45, 2.75) is 20.0 Å². The van der Waals surface area contributed by atoms with E-state index < -0.39 is 0 Å². The van der Waals surface area contributed by atoms with Gasteiger partial charge in [-0.2, -0.15) is 0 Å². The van der Waals surface area contributed by atoms with Crippen molar-refractivity contribution < 1.29 is 4.74 Å². The molecule has 0 bridgehead atoms. The lowest BCUT2D eigenvalue weighted by Gasteiger charge is -2.08. The smallest absolute Gasteiger partial charge is 0.157 e. The molecule has 0 aliphatic carbocycles. The molecular formula is C15H19N3O. The fourth-order valence-corrected chi connectivity index (χ4v) is 1.88. The molecule has 1 aromatic carbocycles. The number of nitrogens with one attached hydrogen (secondary N) is 1. The summed E-state index contributed by atoms with van der Waals surface area (Å²) in [7, 11) is 3.49. The largest absolute Gasteiger partial charge is 0.377 e. The van der Waals surface area contributed by atoms with Crippen molar-refractivity contribution in [1.82, 2.24) is 9.97 Å². The van der Waals surface area contributed by atoms with Gasteiger partial charge >= 0.3 is 0 Å². The molecule has 0 aliphatic rings. The zero-order chi connectivity index (χ0) is 13.7. The van der Waals surface area contributed by atoms with Crippen LogP contribution in [0.2, 0.25) is 0 Å². The molecule has 4 nitrogen and oxygen atoms in total. The summed E-state index contributed by atoms with van der Waals surface area (Å²) >= 11 is 0. The molecule has 0 atom stereocenters. The van der Waals surface area contributed by atoms with Crippen molar-refractivity contribution >= 4 is 5.82 Å². The van der Waals surface area contributed by atoms with E-state index in [1.165, 1.54) is 5.56 Å². The maximum atomic E-state index is 5.10. The van der Waals surface area contributed by atoms with E-state index in [9.17, 15) is 0 Å². The van der Waals surface area contributed by atoms with Gasteiger partial charge in [0.2, 0.25) is 0 Å². The van der Waals surface area contributed by atoms with Gasteiger partial charge in [0.15, 0.2) is 5.82 Å². The molecule has 1 heterocycles. The monoisotopic (exact) mass is 257 g/mol. The minimum absolute atomic E-state index is 0.412. The Bertz CT molecular complexity index is 538. The van der Waals surface area contributed by atoms with Gasteiger partial charge < -0.3 is 10.1 Å². The molecule has 1 N–H and O–H groups in total. The normalized spacial score (nSPS) is 10.5. The molecule has 0 aliphatic heterocycles. The number of nitrogens with zero attached hydrogens (tertiary/aromatic N) is 2. The van der Waals surface area contributed by atoms with Crippen LogP contribution in [-0.4, -0.2) is 24.1 Å². The number of anilines is 1. The van der Waals surface area contributed by atoms with Gasteiger partial charge in [-0.15, -0.1) is 0 Å². The van der Waals surface area contributed by atoms with Crippen LogP contribution in [0.5, 0.6) is 0 Å². The first kappa shape index (κ1) is 13.5. The number of hydrogen-bond donors (Lipinski definition) is 1. The average Bonchev–Trinajstić information content (AvgIpc) is 2.47. The molecule has 0 saturated carbocycles. The Hall–Kier alpha value is -1.94. The summed E-state index contributed by atoms with van der Waals surface area (Å²) in [6, 6.07) is 10.4. The fourth-order valence-electron chi connectivity index (χ4n) is 1.88. The van der Waals surface area contributed by atoms with Gasteiger partial charge in [0.25, 0.3) is 0 Å². The Balaban J connectivity index is 2.38. The SMILES string of the molecule is CCc1ccc(-c2cc(NC)nc(COC)n2)cc1. The second kappa shape index (κ2) is 6.29. The van der Waals surface area contributed by atoms with E-state index >= 15 is 0 Å². The molecule has 2 aromatic rings. The van der Waals surface area contributed by atoms with Gasteiger partial charge in [-0.05, 0) is 12.0 Å². The highest BCUT2D eigenvalue weighted by atomic mass is 16.5. The van der Waals surface area contributed by atoms with Gasteiger partial charge in [0.1, 0.15) is 12.4 Å². The summed E-state index contributed by atoms with van der Waals surface area (Å²) in [6.45, 7) is 2.56. The van der Waals surface area contributed by atoms with Crippen molar-refractivity contribution in [1.29, 1.82) is 0 Å². The number of benzene rings is 1. The van der Waals surface area contributed by atoms with Crippen LogP contribution in [0, 0.1) is 0 Å². The molecule has 4 heteroatoms. The quantitative estimate of drug-likeness (QED) is 0.894. The number of hydrogen-bond acceptors (Lipinski definition) is 4. The van der Waals surface area contributed by atoms with Crippen LogP contribution >= 0.6 is 0 Å². The number of methoxy groups -OCH3 is 1. The predicted molar refractivity (Wildman–Crippen MR) is 77.1 cm³/mol. The molecule has 100 valence electrons. The van der Waals surface area contributed by atoms with Gasteiger partial charge in [0, 0.05) is 25.8 Å². The zero-order valence-corrected chi connectivity index (χ0v) is 11.6. The maximum absolute atomic E-state index is 5.10. The van der Waals surface area contributed by atoms with Crippen molar-refractivity contribution in [2.24, 2.45) is 0 Å². The molecule has 2 rings (SSSR count). The molecule has 0 spiro atoms.